The molecule has 0 fully saturated rings. The molecule has 0 radical (unpaired) electrons. The number of halogens is 1. The van der Waals surface area contributed by atoms with Gasteiger partial charge < -0.3 is 14.8 Å². The van der Waals surface area contributed by atoms with Gasteiger partial charge in [-0.05, 0) is 67.9 Å². The topological polar surface area (TPSA) is 84.9 Å². The summed E-state index contributed by atoms with van der Waals surface area (Å²) >= 11 is 3.37. The van der Waals surface area contributed by atoms with E-state index < -0.39 is 15.9 Å². The van der Waals surface area contributed by atoms with Crippen LogP contribution < -0.4 is 19.1 Å². The number of benzene rings is 3. The summed E-state index contributed by atoms with van der Waals surface area (Å²) in [6, 6.07) is 18.5. The summed E-state index contributed by atoms with van der Waals surface area (Å²) in [5, 5.41) is 2.90. The molecule has 1 N–H and O–H groups in total. The van der Waals surface area contributed by atoms with E-state index in [1.54, 1.807) is 48.5 Å². The monoisotopic (exact) mass is 544 g/mol. The molecule has 0 bridgehead atoms. The van der Waals surface area contributed by atoms with E-state index in [0.717, 1.165) is 19.9 Å². The van der Waals surface area contributed by atoms with E-state index in [9.17, 15) is 13.2 Å². The van der Waals surface area contributed by atoms with Crippen LogP contribution >= 0.6 is 15.9 Å². The largest absolute Gasteiger partial charge is 0.486 e. The second kappa shape index (κ2) is 10.1. The molecule has 1 atom stereocenters. The number of nitrogens with one attached hydrogen (secondary N) is 1. The van der Waals surface area contributed by atoms with Crippen LogP contribution in [0.15, 0.2) is 76.1 Å². The molecular formula is C25H25BrN2O5S. The van der Waals surface area contributed by atoms with Gasteiger partial charge in [0, 0.05) is 4.47 Å². The van der Waals surface area contributed by atoms with Crippen LogP contribution in [0.25, 0.3) is 0 Å². The average molecular weight is 545 g/mol. The van der Waals surface area contributed by atoms with Crippen LogP contribution in [0.1, 0.15) is 24.1 Å². The number of anilines is 1. The number of sulfonamides is 1. The van der Waals surface area contributed by atoms with Crippen molar-refractivity contribution in [3.63, 3.8) is 0 Å². The number of ether oxygens (including phenoxy) is 2. The maximum atomic E-state index is 13.5. The highest BCUT2D eigenvalue weighted by molar-refractivity contribution is 9.10. The van der Waals surface area contributed by atoms with Crippen LogP contribution in [0.4, 0.5) is 5.69 Å². The van der Waals surface area contributed by atoms with Crippen molar-refractivity contribution in [3.05, 3.63) is 82.3 Å². The van der Waals surface area contributed by atoms with Crippen molar-refractivity contribution in [2.75, 3.05) is 24.1 Å². The second-order valence-electron chi connectivity index (χ2n) is 7.99. The van der Waals surface area contributed by atoms with Crippen LogP contribution in [0.2, 0.25) is 0 Å². The Kier molecular flexibility index (Phi) is 7.13. The Bertz CT molecular complexity index is 1280. The van der Waals surface area contributed by atoms with Crippen molar-refractivity contribution >= 4 is 37.5 Å². The van der Waals surface area contributed by atoms with Crippen LogP contribution in [0.3, 0.4) is 0 Å². The number of fused-ring (bicyclic) bond motifs is 1. The zero-order valence-corrected chi connectivity index (χ0v) is 21.2. The van der Waals surface area contributed by atoms with E-state index in [0.29, 0.717) is 30.4 Å². The number of amides is 1. The van der Waals surface area contributed by atoms with Crippen molar-refractivity contribution in [2.24, 2.45) is 0 Å². The number of hydrogen-bond acceptors (Lipinski definition) is 5. The Hall–Kier alpha value is -3.04. The Morgan fingerprint density at radius 3 is 2.32 bits per heavy atom. The third-order valence-electron chi connectivity index (χ3n) is 5.45. The van der Waals surface area contributed by atoms with E-state index in [1.807, 2.05) is 32.0 Å². The van der Waals surface area contributed by atoms with Crippen LogP contribution in [-0.2, 0) is 14.8 Å². The molecule has 4 rings (SSSR count). The summed E-state index contributed by atoms with van der Waals surface area (Å²) in [6.07, 6.45) is 0. The number of hydrogen-bond donors (Lipinski definition) is 1. The molecule has 3 aromatic carbocycles. The Balaban J connectivity index is 1.56. The van der Waals surface area contributed by atoms with Crippen LogP contribution in [-0.4, -0.2) is 34.1 Å². The van der Waals surface area contributed by atoms with E-state index >= 15 is 0 Å². The third-order valence-corrected chi connectivity index (χ3v) is 7.77. The van der Waals surface area contributed by atoms with Gasteiger partial charge in [-0.2, -0.15) is 0 Å². The number of carbonyl (C=O) groups excluding carboxylic acids is 1. The van der Waals surface area contributed by atoms with Crippen molar-refractivity contribution in [2.45, 2.75) is 24.8 Å². The summed E-state index contributed by atoms with van der Waals surface area (Å²) < 4.78 is 40.1. The van der Waals surface area contributed by atoms with E-state index in [2.05, 4.69) is 21.2 Å². The van der Waals surface area contributed by atoms with Gasteiger partial charge in [-0.15, -0.1) is 0 Å². The number of aryl methyl sites for hydroxylation is 1. The predicted octanol–water partition coefficient (Wildman–Crippen LogP) is 4.60. The van der Waals surface area contributed by atoms with Gasteiger partial charge in [0.1, 0.15) is 19.8 Å². The number of nitrogens with zero attached hydrogens (tertiary/aromatic N) is 1. The molecule has 1 heterocycles. The first kappa shape index (κ1) is 24.1. The predicted molar refractivity (Wildman–Crippen MR) is 134 cm³/mol. The Morgan fingerprint density at radius 1 is 1.00 bits per heavy atom. The minimum atomic E-state index is -3.97. The first-order chi connectivity index (χ1) is 16.2. The highest BCUT2D eigenvalue weighted by atomic mass is 79.9. The standard InChI is InChI=1S/C25H25BrN2O5S/c1-17-3-10-22(11-4-17)34(30,31)28(21-8-6-20(26)7-9-21)16-25(29)27-18(2)19-5-12-23-24(15-19)33-14-13-32-23/h3-12,15,18H,13-14,16H2,1-2H3,(H,27,29). The van der Waals surface area contributed by atoms with E-state index in [-0.39, 0.29) is 17.5 Å². The highest BCUT2D eigenvalue weighted by Crippen LogP contribution is 2.32. The van der Waals surface area contributed by atoms with Gasteiger partial charge >= 0.3 is 0 Å². The van der Waals surface area contributed by atoms with Crippen LogP contribution in [0, 0.1) is 6.92 Å². The molecule has 1 amide bonds. The highest BCUT2D eigenvalue weighted by Gasteiger charge is 2.28. The lowest BCUT2D eigenvalue weighted by Gasteiger charge is -2.25. The molecule has 0 saturated carbocycles. The molecule has 7 nitrogen and oxygen atoms in total. The van der Waals surface area contributed by atoms with Gasteiger partial charge in [-0.25, -0.2) is 8.42 Å². The van der Waals surface area contributed by atoms with Gasteiger partial charge in [-0.3, -0.25) is 9.10 Å². The summed E-state index contributed by atoms with van der Waals surface area (Å²) in [7, 11) is -3.97. The Labute approximate surface area is 207 Å². The third kappa shape index (κ3) is 5.37. The molecule has 9 heteroatoms. The fourth-order valence-electron chi connectivity index (χ4n) is 3.59. The fraction of sp³-hybridized carbons (Fsp3) is 0.240. The fourth-order valence-corrected chi connectivity index (χ4v) is 5.28. The quantitative estimate of drug-likeness (QED) is 0.469. The molecule has 1 unspecified atom stereocenters. The van der Waals surface area contributed by atoms with E-state index in [4.69, 9.17) is 9.47 Å². The van der Waals surface area contributed by atoms with Gasteiger partial charge in [0.05, 0.1) is 16.6 Å². The summed E-state index contributed by atoms with van der Waals surface area (Å²) in [6.45, 7) is 4.32. The molecule has 0 aliphatic carbocycles. The molecule has 34 heavy (non-hydrogen) atoms. The van der Waals surface area contributed by atoms with Crippen LogP contribution in [0.5, 0.6) is 11.5 Å². The molecule has 0 saturated heterocycles. The van der Waals surface area contributed by atoms with Gasteiger partial charge in [0.15, 0.2) is 11.5 Å². The minimum Gasteiger partial charge on any atom is -0.486 e. The second-order valence-corrected chi connectivity index (χ2v) is 10.8. The number of rotatable bonds is 7. The molecule has 1 aliphatic heterocycles. The lowest BCUT2D eigenvalue weighted by molar-refractivity contribution is -0.120. The molecule has 0 spiro atoms. The van der Waals surface area contributed by atoms with Gasteiger partial charge in [0.25, 0.3) is 10.0 Å². The lowest BCUT2D eigenvalue weighted by Crippen LogP contribution is -2.41. The zero-order valence-electron chi connectivity index (χ0n) is 18.8. The van der Waals surface area contributed by atoms with Gasteiger partial charge in [-0.1, -0.05) is 39.7 Å². The first-order valence-corrected chi connectivity index (χ1v) is 13.0. The average Bonchev–Trinajstić information content (AvgIpc) is 2.83. The molecule has 178 valence electrons. The number of carbonyl (C=O) groups is 1. The maximum absolute atomic E-state index is 13.5. The molecular weight excluding hydrogens is 520 g/mol. The minimum absolute atomic E-state index is 0.119. The zero-order chi connectivity index (χ0) is 24.3. The van der Waals surface area contributed by atoms with Crippen molar-refractivity contribution in [3.8, 4) is 11.5 Å². The van der Waals surface area contributed by atoms with E-state index in [1.165, 1.54) is 0 Å². The SMILES string of the molecule is Cc1ccc(S(=O)(=O)N(CC(=O)NC(C)c2ccc3c(c2)OCCO3)c2ccc(Br)cc2)cc1. The summed E-state index contributed by atoms with van der Waals surface area (Å²) in [4.78, 5) is 13.1. The normalized spacial score (nSPS) is 13.7. The molecule has 0 aromatic heterocycles. The van der Waals surface area contributed by atoms with Crippen molar-refractivity contribution in [1.82, 2.24) is 5.32 Å². The van der Waals surface area contributed by atoms with Gasteiger partial charge in [0.2, 0.25) is 5.91 Å². The lowest BCUT2D eigenvalue weighted by atomic mass is 10.1. The van der Waals surface area contributed by atoms with Crippen molar-refractivity contribution in [1.29, 1.82) is 0 Å². The van der Waals surface area contributed by atoms with Crippen molar-refractivity contribution < 1.29 is 22.7 Å². The molecule has 3 aromatic rings. The first-order valence-electron chi connectivity index (χ1n) is 10.8. The summed E-state index contributed by atoms with van der Waals surface area (Å²) in [5.41, 5.74) is 2.17. The molecule has 1 aliphatic rings. The maximum Gasteiger partial charge on any atom is 0.264 e. The smallest absolute Gasteiger partial charge is 0.264 e. The summed E-state index contributed by atoms with van der Waals surface area (Å²) in [5.74, 6) is 0.864. The Morgan fingerprint density at radius 2 is 1.65 bits per heavy atom.